The van der Waals surface area contributed by atoms with Gasteiger partial charge in [-0.3, -0.25) is 0 Å². The Hall–Kier alpha value is -1.50. The zero-order chi connectivity index (χ0) is 13.9. The maximum absolute atomic E-state index is 5.47. The smallest absolute Gasteiger partial charge is 0.148 e. The third-order valence-corrected chi connectivity index (χ3v) is 2.52. The standard InChI is InChI=1S/C16H23NO2/c1-4-11-19-16-8-6-15(7-9-16)13-17-10-5-12-18-14(2)3/h1,6-9,14,17H,5,10-13H2,2-3H3. The lowest BCUT2D eigenvalue weighted by Crippen LogP contribution is -2.17. The largest absolute Gasteiger partial charge is 0.481 e. The Morgan fingerprint density at radius 2 is 2.00 bits per heavy atom. The molecule has 0 aliphatic carbocycles. The molecule has 104 valence electrons. The first-order valence-electron chi connectivity index (χ1n) is 6.70. The second kappa shape index (κ2) is 9.43. The highest BCUT2D eigenvalue weighted by molar-refractivity contribution is 5.27. The molecular formula is C16H23NO2. The number of nitrogens with one attached hydrogen (secondary N) is 1. The third kappa shape index (κ3) is 7.50. The Balaban J connectivity index is 2.14. The molecule has 0 saturated heterocycles. The van der Waals surface area contributed by atoms with Gasteiger partial charge in [0.25, 0.3) is 0 Å². The fourth-order valence-corrected chi connectivity index (χ4v) is 1.58. The molecule has 1 rings (SSSR count). The fourth-order valence-electron chi connectivity index (χ4n) is 1.58. The van der Waals surface area contributed by atoms with Gasteiger partial charge >= 0.3 is 0 Å². The minimum Gasteiger partial charge on any atom is -0.481 e. The summed E-state index contributed by atoms with van der Waals surface area (Å²) in [5, 5.41) is 3.38. The van der Waals surface area contributed by atoms with Crippen LogP contribution in [0.2, 0.25) is 0 Å². The van der Waals surface area contributed by atoms with Gasteiger partial charge in [0.1, 0.15) is 12.4 Å². The Morgan fingerprint density at radius 1 is 1.26 bits per heavy atom. The minimum atomic E-state index is 0.313. The van der Waals surface area contributed by atoms with Crippen LogP contribution in [0.25, 0.3) is 0 Å². The number of benzene rings is 1. The van der Waals surface area contributed by atoms with Gasteiger partial charge < -0.3 is 14.8 Å². The van der Waals surface area contributed by atoms with E-state index in [0.717, 1.165) is 31.9 Å². The van der Waals surface area contributed by atoms with Crippen LogP contribution in [-0.2, 0) is 11.3 Å². The van der Waals surface area contributed by atoms with Gasteiger partial charge in [-0.25, -0.2) is 0 Å². The van der Waals surface area contributed by atoms with Crippen LogP contribution in [-0.4, -0.2) is 25.9 Å². The number of terminal acetylenes is 1. The van der Waals surface area contributed by atoms with Crippen LogP contribution >= 0.6 is 0 Å². The quantitative estimate of drug-likeness (QED) is 0.547. The lowest BCUT2D eigenvalue weighted by Gasteiger charge is -2.08. The Kier molecular flexibility index (Phi) is 7.72. The van der Waals surface area contributed by atoms with Crippen molar-refractivity contribution in [3.63, 3.8) is 0 Å². The molecule has 0 aliphatic heterocycles. The molecule has 0 spiro atoms. The van der Waals surface area contributed by atoms with Gasteiger partial charge in [0.05, 0.1) is 6.10 Å². The second-order valence-corrected chi connectivity index (χ2v) is 4.59. The fraction of sp³-hybridized carbons (Fsp3) is 0.500. The Morgan fingerprint density at radius 3 is 2.63 bits per heavy atom. The number of hydrogen-bond acceptors (Lipinski definition) is 3. The molecule has 0 aliphatic rings. The van der Waals surface area contributed by atoms with Gasteiger partial charge in [-0.2, -0.15) is 0 Å². The van der Waals surface area contributed by atoms with Gasteiger partial charge in [0.2, 0.25) is 0 Å². The summed E-state index contributed by atoms with van der Waals surface area (Å²) in [4.78, 5) is 0. The van der Waals surface area contributed by atoms with E-state index < -0.39 is 0 Å². The van der Waals surface area contributed by atoms with E-state index in [2.05, 4.69) is 25.1 Å². The molecule has 1 N–H and O–H groups in total. The van der Waals surface area contributed by atoms with E-state index in [1.54, 1.807) is 0 Å². The normalized spacial score (nSPS) is 10.4. The van der Waals surface area contributed by atoms with Crippen molar-refractivity contribution in [2.24, 2.45) is 0 Å². The monoisotopic (exact) mass is 261 g/mol. The number of ether oxygens (including phenoxy) is 2. The van der Waals surface area contributed by atoms with E-state index in [1.165, 1.54) is 5.56 Å². The van der Waals surface area contributed by atoms with Crippen molar-refractivity contribution >= 4 is 0 Å². The van der Waals surface area contributed by atoms with Crippen molar-refractivity contribution < 1.29 is 9.47 Å². The molecule has 0 saturated carbocycles. The first-order chi connectivity index (χ1) is 9.22. The summed E-state index contributed by atoms with van der Waals surface area (Å²) in [6, 6.07) is 7.97. The van der Waals surface area contributed by atoms with Crippen LogP contribution in [0.15, 0.2) is 24.3 Å². The lowest BCUT2D eigenvalue weighted by molar-refractivity contribution is 0.0770. The van der Waals surface area contributed by atoms with Crippen LogP contribution in [0, 0.1) is 12.3 Å². The van der Waals surface area contributed by atoms with Gasteiger partial charge in [-0.05, 0) is 44.5 Å². The summed E-state index contributed by atoms with van der Waals surface area (Å²) < 4.78 is 10.8. The van der Waals surface area contributed by atoms with Gasteiger partial charge in [0.15, 0.2) is 0 Å². The molecule has 0 unspecified atom stereocenters. The van der Waals surface area contributed by atoms with E-state index in [1.807, 2.05) is 24.3 Å². The zero-order valence-electron chi connectivity index (χ0n) is 11.8. The number of hydrogen-bond donors (Lipinski definition) is 1. The third-order valence-electron chi connectivity index (χ3n) is 2.52. The Bertz CT molecular complexity index is 379. The van der Waals surface area contributed by atoms with E-state index in [-0.39, 0.29) is 0 Å². The van der Waals surface area contributed by atoms with E-state index in [0.29, 0.717) is 12.7 Å². The molecule has 0 aromatic heterocycles. The van der Waals surface area contributed by atoms with Crippen molar-refractivity contribution in [2.75, 3.05) is 19.8 Å². The molecule has 0 fully saturated rings. The van der Waals surface area contributed by atoms with Gasteiger partial charge in [0, 0.05) is 13.2 Å². The van der Waals surface area contributed by atoms with Crippen molar-refractivity contribution in [2.45, 2.75) is 32.9 Å². The summed E-state index contributed by atoms with van der Waals surface area (Å²) in [6.07, 6.45) is 6.48. The van der Waals surface area contributed by atoms with Crippen LogP contribution in [0.3, 0.4) is 0 Å². The van der Waals surface area contributed by atoms with Crippen molar-refractivity contribution in [3.05, 3.63) is 29.8 Å². The average Bonchev–Trinajstić information content (AvgIpc) is 2.41. The van der Waals surface area contributed by atoms with Crippen LogP contribution < -0.4 is 10.1 Å². The Labute approximate surface area is 116 Å². The first-order valence-corrected chi connectivity index (χ1v) is 6.70. The molecule has 0 heterocycles. The van der Waals surface area contributed by atoms with Crippen molar-refractivity contribution in [1.82, 2.24) is 5.32 Å². The highest BCUT2D eigenvalue weighted by atomic mass is 16.5. The molecule has 0 radical (unpaired) electrons. The van der Waals surface area contributed by atoms with Crippen molar-refractivity contribution in [3.8, 4) is 18.1 Å². The second-order valence-electron chi connectivity index (χ2n) is 4.59. The van der Waals surface area contributed by atoms with Crippen molar-refractivity contribution in [1.29, 1.82) is 0 Å². The molecule has 3 nitrogen and oxygen atoms in total. The maximum Gasteiger partial charge on any atom is 0.148 e. The first kappa shape index (κ1) is 15.6. The number of rotatable bonds is 9. The lowest BCUT2D eigenvalue weighted by atomic mass is 10.2. The minimum absolute atomic E-state index is 0.313. The topological polar surface area (TPSA) is 30.5 Å². The molecule has 1 aromatic carbocycles. The highest BCUT2D eigenvalue weighted by Gasteiger charge is 1.96. The highest BCUT2D eigenvalue weighted by Crippen LogP contribution is 2.11. The van der Waals surface area contributed by atoms with E-state index >= 15 is 0 Å². The van der Waals surface area contributed by atoms with Gasteiger partial charge in [-0.1, -0.05) is 18.1 Å². The van der Waals surface area contributed by atoms with Gasteiger partial charge in [-0.15, -0.1) is 6.42 Å². The van der Waals surface area contributed by atoms with E-state index in [9.17, 15) is 0 Å². The van der Waals surface area contributed by atoms with Crippen LogP contribution in [0.5, 0.6) is 5.75 Å². The molecule has 0 bridgehead atoms. The predicted octanol–water partition coefficient (Wildman–Crippen LogP) is 2.60. The predicted molar refractivity (Wildman–Crippen MR) is 78.2 cm³/mol. The summed E-state index contributed by atoms with van der Waals surface area (Å²) in [5.74, 6) is 3.26. The van der Waals surface area contributed by atoms with Crippen LogP contribution in [0.1, 0.15) is 25.8 Å². The summed E-state index contributed by atoms with van der Waals surface area (Å²) >= 11 is 0. The average molecular weight is 261 g/mol. The molecular weight excluding hydrogens is 238 g/mol. The summed E-state index contributed by atoms with van der Waals surface area (Å²) in [7, 11) is 0. The summed E-state index contributed by atoms with van der Waals surface area (Å²) in [5.41, 5.74) is 1.23. The van der Waals surface area contributed by atoms with E-state index in [4.69, 9.17) is 15.9 Å². The maximum atomic E-state index is 5.47. The summed E-state index contributed by atoms with van der Waals surface area (Å²) in [6.45, 7) is 7.05. The molecule has 3 heteroatoms. The molecule has 1 aromatic rings. The molecule has 0 atom stereocenters. The van der Waals surface area contributed by atoms with Crippen LogP contribution in [0.4, 0.5) is 0 Å². The molecule has 19 heavy (non-hydrogen) atoms. The molecule has 0 amide bonds. The SMILES string of the molecule is C#CCOc1ccc(CNCCCOC(C)C)cc1. The zero-order valence-corrected chi connectivity index (χ0v) is 11.8.